The van der Waals surface area contributed by atoms with Gasteiger partial charge in [0.05, 0.1) is 5.56 Å². The molecule has 1 fully saturated rings. The van der Waals surface area contributed by atoms with Gasteiger partial charge >= 0.3 is 6.18 Å². The second kappa shape index (κ2) is 9.15. The van der Waals surface area contributed by atoms with E-state index in [9.17, 15) is 18.0 Å². The Morgan fingerprint density at radius 1 is 1.28 bits per heavy atom. The highest BCUT2D eigenvalue weighted by Gasteiger charge is 2.32. The van der Waals surface area contributed by atoms with Gasteiger partial charge in [0.2, 0.25) is 0 Å². The molecule has 1 aromatic carbocycles. The van der Waals surface area contributed by atoms with Crippen molar-refractivity contribution < 1.29 is 18.0 Å². The lowest BCUT2D eigenvalue weighted by atomic mass is 9.88. The molecular weight excluding hydrogens is 329 g/mol. The Kier molecular flexibility index (Phi) is 7.54. The van der Waals surface area contributed by atoms with Gasteiger partial charge < -0.3 is 10.6 Å². The second-order valence-corrected chi connectivity index (χ2v) is 5.80. The molecule has 1 saturated heterocycles. The third-order valence-electron chi connectivity index (χ3n) is 3.85. The maximum atomic E-state index is 12.7. The van der Waals surface area contributed by atoms with E-state index >= 15 is 0 Å². The number of likely N-dealkylation sites (tertiary alicyclic amines) is 1. The van der Waals surface area contributed by atoms with Crippen LogP contribution in [0.2, 0.25) is 0 Å². The molecule has 0 spiro atoms. The first-order valence-electron chi connectivity index (χ1n) is 7.77. The summed E-state index contributed by atoms with van der Waals surface area (Å²) in [5.41, 5.74) is 4.65. The van der Waals surface area contributed by atoms with Gasteiger partial charge in [-0.05, 0) is 69.9 Å². The molecule has 1 aliphatic rings. The molecule has 2 rings (SSSR count). The first-order valence-corrected chi connectivity index (χ1v) is 7.77. The molecular formula is C19H21F3N2O. The molecule has 0 atom stereocenters. The van der Waals surface area contributed by atoms with Gasteiger partial charge in [0.1, 0.15) is 0 Å². The third kappa shape index (κ3) is 6.52. The Labute approximate surface area is 146 Å². The number of nitrogens with two attached hydrogens (primary N) is 1. The number of nitrogens with zero attached hydrogens (tertiary/aromatic N) is 1. The van der Waals surface area contributed by atoms with Crippen LogP contribution in [0.3, 0.4) is 0 Å². The van der Waals surface area contributed by atoms with E-state index in [0.29, 0.717) is 12.8 Å². The highest BCUT2D eigenvalue weighted by atomic mass is 19.4. The van der Waals surface area contributed by atoms with Crippen LogP contribution >= 0.6 is 0 Å². The number of terminal acetylenes is 1. The van der Waals surface area contributed by atoms with E-state index in [2.05, 4.69) is 22.7 Å². The predicted molar refractivity (Wildman–Crippen MR) is 92.7 cm³/mol. The number of hydrogen-bond donors (Lipinski definition) is 1. The summed E-state index contributed by atoms with van der Waals surface area (Å²) >= 11 is 0. The molecule has 6 heteroatoms. The quantitative estimate of drug-likeness (QED) is 0.505. The fourth-order valence-electron chi connectivity index (χ4n) is 2.54. The number of nitrogen functional groups attached to an aromatic ring is 1. The van der Waals surface area contributed by atoms with E-state index in [-0.39, 0.29) is 23.0 Å². The van der Waals surface area contributed by atoms with Crippen molar-refractivity contribution in [1.29, 1.82) is 0 Å². The fourth-order valence-corrected chi connectivity index (χ4v) is 2.54. The largest absolute Gasteiger partial charge is 0.416 e. The number of halogens is 3. The summed E-state index contributed by atoms with van der Waals surface area (Å²) in [7, 11) is 1.96. The Morgan fingerprint density at radius 3 is 2.32 bits per heavy atom. The van der Waals surface area contributed by atoms with Crippen LogP contribution in [0.25, 0.3) is 0 Å². The zero-order valence-corrected chi connectivity index (χ0v) is 14.3. The van der Waals surface area contributed by atoms with Crippen molar-refractivity contribution in [3.63, 3.8) is 0 Å². The summed E-state index contributed by atoms with van der Waals surface area (Å²) in [6, 6.07) is 3.08. The standard InChI is InChI=1S/C14H17F3N2O.C5H4/c1-19-4-2-9(3-5-19)13(20)10-6-11(14(15,16)17)8-12(18)7-10;1-3-5-4-2/h6-9H,2-5,18H2,1H3;1H,2H3. The van der Waals surface area contributed by atoms with E-state index in [1.54, 1.807) is 6.92 Å². The van der Waals surface area contributed by atoms with Gasteiger partial charge in [0.15, 0.2) is 5.78 Å². The third-order valence-corrected chi connectivity index (χ3v) is 3.85. The number of alkyl halides is 3. The number of carbonyl (C=O) groups excluding carboxylic acids is 1. The minimum absolute atomic E-state index is 0.0314. The summed E-state index contributed by atoms with van der Waals surface area (Å²) in [4.78, 5) is 14.4. The van der Waals surface area contributed by atoms with Crippen molar-refractivity contribution in [2.75, 3.05) is 25.9 Å². The van der Waals surface area contributed by atoms with Gasteiger partial charge in [-0.3, -0.25) is 4.79 Å². The summed E-state index contributed by atoms with van der Waals surface area (Å²) < 4.78 is 38.2. The molecule has 0 unspecified atom stereocenters. The molecule has 0 aliphatic carbocycles. The lowest BCUT2D eigenvalue weighted by molar-refractivity contribution is -0.137. The average Bonchev–Trinajstić information content (AvgIpc) is 2.55. The van der Waals surface area contributed by atoms with Crippen LogP contribution in [0.5, 0.6) is 0 Å². The van der Waals surface area contributed by atoms with E-state index < -0.39 is 11.7 Å². The molecule has 0 saturated carbocycles. The van der Waals surface area contributed by atoms with Crippen LogP contribution in [0.1, 0.15) is 35.7 Å². The van der Waals surface area contributed by atoms with Crippen LogP contribution in [-0.4, -0.2) is 30.8 Å². The van der Waals surface area contributed by atoms with E-state index in [0.717, 1.165) is 25.2 Å². The first kappa shape index (κ1) is 20.6. The Morgan fingerprint density at radius 2 is 1.88 bits per heavy atom. The predicted octanol–water partition coefficient (Wildman–Crippen LogP) is 3.46. The SMILES string of the molecule is C#CC#CC.CN1CCC(C(=O)c2cc(N)cc(C(F)(F)F)c2)CC1. The van der Waals surface area contributed by atoms with E-state index in [1.807, 2.05) is 7.05 Å². The lowest BCUT2D eigenvalue weighted by Crippen LogP contribution is -2.33. The van der Waals surface area contributed by atoms with Gasteiger partial charge in [0.25, 0.3) is 0 Å². The van der Waals surface area contributed by atoms with Crippen LogP contribution in [0.4, 0.5) is 18.9 Å². The smallest absolute Gasteiger partial charge is 0.399 e. The van der Waals surface area contributed by atoms with E-state index in [1.165, 1.54) is 6.07 Å². The first-order chi connectivity index (χ1) is 11.7. The number of carbonyl (C=O) groups is 1. The number of piperidine rings is 1. The minimum Gasteiger partial charge on any atom is -0.399 e. The minimum atomic E-state index is -4.49. The van der Waals surface area contributed by atoms with Gasteiger partial charge in [-0.15, -0.1) is 6.42 Å². The summed E-state index contributed by atoms with van der Waals surface area (Å²) in [5, 5.41) is 0. The summed E-state index contributed by atoms with van der Waals surface area (Å²) in [5.74, 6) is 6.62. The van der Waals surface area contributed by atoms with Gasteiger partial charge in [0, 0.05) is 17.2 Å². The topological polar surface area (TPSA) is 46.3 Å². The number of Topliss-reactive ketones (excluding diaryl/α,β-unsaturated/α-hetero) is 1. The zero-order chi connectivity index (χ0) is 19.0. The Bertz CT molecular complexity index is 700. The van der Waals surface area contributed by atoms with Crippen molar-refractivity contribution in [3.05, 3.63) is 29.3 Å². The molecule has 1 heterocycles. The van der Waals surface area contributed by atoms with Gasteiger partial charge in [-0.2, -0.15) is 13.2 Å². The number of hydrogen-bond acceptors (Lipinski definition) is 3. The monoisotopic (exact) mass is 350 g/mol. The molecule has 1 aromatic rings. The van der Waals surface area contributed by atoms with Crippen LogP contribution in [0, 0.1) is 30.1 Å². The van der Waals surface area contributed by atoms with Crippen LogP contribution in [-0.2, 0) is 6.18 Å². The number of benzene rings is 1. The molecule has 25 heavy (non-hydrogen) atoms. The molecule has 3 nitrogen and oxygen atoms in total. The van der Waals surface area contributed by atoms with E-state index in [4.69, 9.17) is 12.2 Å². The number of rotatable bonds is 2. The van der Waals surface area contributed by atoms with Crippen LogP contribution < -0.4 is 5.73 Å². The van der Waals surface area contributed by atoms with Gasteiger partial charge in [-0.1, -0.05) is 5.92 Å². The van der Waals surface area contributed by atoms with Crippen molar-refractivity contribution in [3.8, 4) is 24.2 Å². The second-order valence-electron chi connectivity index (χ2n) is 5.80. The Hall–Kier alpha value is -2.44. The fraction of sp³-hybridized carbons (Fsp3) is 0.421. The number of anilines is 1. The molecule has 0 aromatic heterocycles. The van der Waals surface area contributed by atoms with Crippen molar-refractivity contribution in [2.24, 2.45) is 5.92 Å². The van der Waals surface area contributed by atoms with Crippen LogP contribution in [0.15, 0.2) is 18.2 Å². The maximum Gasteiger partial charge on any atom is 0.416 e. The summed E-state index contributed by atoms with van der Waals surface area (Å²) in [6.45, 7) is 3.27. The van der Waals surface area contributed by atoms with Crippen molar-refractivity contribution >= 4 is 11.5 Å². The number of ketones is 1. The molecule has 0 radical (unpaired) electrons. The van der Waals surface area contributed by atoms with Crippen molar-refractivity contribution in [1.82, 2.24) is 4.90 Å². The Balaban J connectivity index is 0.000000550. The molecule has 0 bridgehead atoms. The van der Waals surface area contributed by atoms with Crippen molar-refractivity contribution in [2.45, 2.75) is 25.9 Å². The molecule has 2 N–H and O–H groups in total. The van der Waals surface area contributed by atoms with Gasteiger partial charge in [-0.25, -0.2) is 0 Å². The molecule has 0 amide bonds. The maximum absolute atomic E-state index is 12.7. The highest BCUT2D eigenvalue weighted by Crippen LogP contribution is 2.32. The molecule has 1 aliphatic heterocycles. The average molecular weight is 350 g/mol. The lowest BCUT2D eigenvalue weighted by Gasteiger charge is -2.28. The molecule has 134 valence electrons. The highest BCUT2D eigenvalue weighted by molar-refractivity contribution is 5.98. The normalized spacial score (nSPS) is 15.2. The summed E-state index contributed by atoms with van der Waals surface area (Å²) in [6.07, 6.45) is 1.57. The zero-order valence-electron chi connectivity index (χ0n) is 14.3.